The molecule has 0 atom stereocenters. The standard InChI is InChI=1S/C41H28N2/c1-2-12-29(13-3-1)30-23-25-43-40(28-30)32-15-11-17-34(27-32)41(33-16-10-14-31(26-33)39-22-8-9-24-42-39)37-20-6-4-18-35(37)36-19-5-7-21-38(36)41/h1-28H. The lowest BCUT2D eigenvalue weighted by molar-refractivity contribution is 0.769. The van der Waals surface area contributed by atoms with Crippen molar-refractivity contribution in [2.45, 2.75) is 5.41 Å². The molecule has 0 aliphatic heterocycles. The third-order valence-electron chi connectivity index (χ3n) is 8.67. The number of fused-ring (bicyclic) bond motifs is 3. The van der Waals surface area contributed by atoms with Gasteiger partial charge in [-0.05, 0) is 80.9 Å². The lowest BCUT2D eigenvalue weighted by atomic mass is 9.67. The maximum absolute atomic E-state index is 4.83. The van der Waals surface area contributed by atoms with Gasteiger partial charge in [-0.1, -0.05) is 121 Å². The van der Waals surface area contributed by atoms with Crippen LogP contribution in [-0.2, 0) is 5.41 Å². The Morgan fingerprint density at radius 2 is 0.907 bits per heavy atom. The molecule has 2 heteroatoms. The van der Waals surface area contributed by atoms with E-state index in [1.54, 1.807) is 0 Å². The maximum Gasteiger partial charge on any atom is 0.0714 e. The fourth-order valence-corrected chi connectivity index (χ4v) is 6.78. The van der Waals surface area contributed by atoms with E-state index in [0.29, 0.717) is 0 Å². The van der Waals surface area contributed by atoms with Crippen LogP contribution in [0.2, 0.25) is 0 Å². The first-order valence-electron chi connectivity index (χ1n) is 14.7. The van der Waals surface area contributed by atoms with Crippen LogP contribution in [0.5, 0.6) is 0 Å². The Bertz CT molecular complexity index is 2030. The molecule has 0 fully saturated rings. The van der Waals surface area contributed by atoms with Crippen molar-refractivity contribution in [2.75, 3.05) is 0 Å². The van der Waals surface area contributed by atoms with Crippen LogP contribution in [0.25, 0.3) is 44.8 Å². The van der Waals surface area contributed by atoms with E-state index in [4.69, 9.17) is 4.98 Å². The van der Waals surface area contributed by atoms with Gasteiger partial charge in [-0.3, -0.25) is 9.97 Å². The lowest BCUT2D eigenvalue weighted by Crippen LogP contribution is -2.28. The fourth-order valence-electron chi connectivity index (χ4n) is 6.78. The molecule has 0 amide bonds. The van der Waals surface area contributed by atoms with Gasteiger partial charge >= 0.3 is 0 Å². The summed E-state index contributed by atoms with van der Waals surface area (Å²) in [6.07, 6.45) is 3.77. The number of hydrogen-bond acceptors (Lipinski definition) is 2. The van der Waals surface area contributed by atoms with Crippen molar-refractivity contribution in [3.05, 3.63) is 192 Å². The van der Waals surface area contributed by atoms with Crippen molar-refractivity contribution in [1.82, 2.24) is 9.97 Å². The highest BCUT2D eigenvalue weighted by molar-refractivity contribution is 5.87. The number of pyridine rings is 2. The van der Waals surface area contributed by atoms with Crippen molar-refractivity contribution in [2.24, 2.45) is 0 Å². The zero-order valence-electron chi connectivity index (χ0n) is 23.6. The molecule has 43 heavy (non-hydrogen) atoms. The summed E-state index contributed by atoms with van der Waals surface area (Å²) in [6, 6.07) is 56.4. The predicted octanol–water partition coefficient (Wildman–Crippen LogP) is 9.84. The molecular formula is C41H28N2. The van der Waals surface area contributed by atoms with E-state index < -0.39 is 5.41 Å². The minimum absolute atomic E-state index is 0.509. The predicted molar refractivity (Wildman–Crippen MR) is 176 cm³/mol. The Morgan fingerprint density at radius 3 is 1.56 bits per heavy atom. The van der Waals surface area contributed by atoms with Gasteiger partial charge < -0.3 is 0 Å². The van der Waals surface area contributed by atoms with Gasteiger partial charge in [0.25, 0.3) is 0 Å². The SMILES string of the molecule is c1ccc(-c2ccnc(-c3cccc(C4(c5cccc(-c6ccccn6)c5)c5ccccc5-c5ccccc54)c3)c2)cc1. The molecule has 202 valence electrons. The average Bonchev–Trinajstić information content (AvgIpc) is 3.40. The molecule has 2 heterocycles. The number of hydrogen-bond donors (Lipinski definition) is 0. The molecule has 0 spiro atoms. The topological polar surface area (TPSA) is 25.8 Å². The second-order valence-electron chi connectivity index (χ2n) is 11.0. The molecule has 8 rings (SSSR count). The summed E-state index contributed by atoms with van der Waals surface area (Å²) in [7, 11) is 0. The molecule has 0 saturated carbocycles. The third-order valence-corrected chi connectivity index (χ3v) is 8.67. The Kier molecular flexibility index (Phi) is 6.05. The third kappa shape index (κ3) is 4.11. The molecule has 1 aliphatic carbocycles. The minimum atomic E-state index is -0.509. The van der Waals surface area contributed by atoms with E-state index >= 15 is 0 Å². The van der Waals surface area contributed by atoms with Gasteiger partial charge in [0.2, 0.25) is 0 Å². The van der Waals surface area contributed by atoms with Crippen molar-refractivity contribution in [1.29, 1.82) is 0 Å². The molecule has 5 aromatic carbocycles. The van der Waals surface area contributed by atoms with Crippen molar-refractivity contribution in [3.8, 4) is 44.8 Å². The van der Waals surface area contributed by atoms with Gasteiger partial charge in [-0.2, -0.15) is 0 Å². The van der Waals surface area contributed by atoms with Crippen molar-refractivity contribution >= 4 is 0 Å². The van der Waals surface area contributed by atoms with Gasteiger partial charge in [-0.25, -0.2) is 0 Å². The quantitative estimate of drug-likeness (QED) is 0.214. The first kappa shape index (κ1) is 25.1. The number of benzene rings is 5. The first-order chi connectivity index (χ1) is 21.3. The second-order valence-corrected chi connectivity index (χ2v) is 11.0. The van der Waals surface area contributed by atoms with Crippen LogP contribution in [-0.4, -0.2) is 9.97 Å². The van der Waals surface area contributed by atoms with Crippen LogP contribution in [0, 0.1) is 0 Å². The van der Waals surface area contributed by atoms with Crippen LogP contribution in [0.1, 0.15) is 22.3 Å². The number of rotatable bonds is 5. The van der Waals surface area contributed by atoms with E-state index in [9.17, 15) is 0 Å². The molecule has 0 N–H and O–H groups in total. The maximum atomic E-state index is 4.83. The molecule has 0 unspecified atom stereocenters. The largest absolute Gasteiger partial charge is 0.256 e. The summed E-state index contributed by atoms with van der Waals surface area (Å²) in [5.41, 5.74) is 13.5. The van der Waals surface area contributed by atoms with Crippen LogP contribution in [0.4, 0.5) is 0 Å². The highest BCUT2D eigenvalue weighted by Gasteiger charge is 2.46. The number of nitrogens with zero attached hydrogens (tertiary/aromatic N) is 2. The van der Waals surface area contributed by atoms with Crippen LogP contribution in [0.15, 0.2) is 170 Å². The Balaban J connectivity index is 1.38. The smallest absolute Gasteiger partial charge is 0.0714 e. The Hall–Kier alpha value is -5.60. The summed E-state index contributed by atoms with van der Waals surface area (Å²) in [6.45, 7) is 0. The van der Waals surface area contributed by atoms with Crippen molar-refractivity contribution in [3.63, 3.8) is 0 Å². The second kappa shape index (κ2) is 10.3. The summed E-state index contributed by atoms with van der Waals surface area (Å²) in [5.74, 6) is 0. The van der Waals surface area contributed by atoms with E-state index in [0.717, 1.165) is 28.1 Å². The highest BCUT2D eigenvalue weighted by atomic mass is 14.7. The van der Waals surface area contributed by atoms with Crippen molar-refractivity contribution < 1.29 is 0 Å². The zero-order chi connectivity index (χ0) is 28.6. The summed E-state index contributed by atoms with van der Waals surface area (Å²) >= 11 is 0. The van der Waals surface area contributed by atoms with Gasteiger partial charge in [0.15, 0.2) is 0 Å². The summed E-state index contributed by atoms with van der Waals surface area (Å²) in [4.78, 5) is 9.51. The van der Waals surface area contributed by atoms with E-state index in [1.165, 1.54) is 38.9 Å². The molecule has 0 radical (unpaired) electrons. The fraction of sp³-hybridized carbons (Fsp3) is 0.0244. The Morgan fingerprint density at radius 1 is 0.349 bits per heavy atom. The van der Waals surface area contributed by atoms with Crippen LogP contribution in [0.3, 0.4) is 0 Å². The van der Waals surface area contributed by atoms with Gasteiger partial charge in [-0.15, -0.1) is 0 Å². The van der Waals surface area contributed by atoms with E-state index in [-0.39, 0.29) is 0 Å². The molecular weight excluding hydrogens is 520 g/mol. The first-order valence-corrected chi connectivity index (χ1v) is 14.7. The lowest BCUT2D eigenvalue weighted by Gasteiger charge is -2.34. The molecule has 2 aromatic heterocycles. The number of aromatic nitrogens is 2. The highest BCUT2D eigenvalue weighted by Crippen LogP contribution is 2.56. The molecule has 0 bridgehead atoms. The molecule has 1 aliphatic rings. The zero-order valence-corrected chi connectivity index (χ0v) is 23.6. The van der Waals surface area contributed by atoms with Crippen LogP contribution < -0.4 is 0 Å². The molecule has 0 saturated heterocycles. The normalized spacial score (nSPS) is 12.8. The summed E-state index contributed by atoms with van der Waals surface area (Å²) in [5, 5.41) is 0. The Labute approximate surface area is 252 Å². The van der Waals surface area contributed by atoms with Crippen LogP contribution >= 0.6 is 0 Å². The van der Waals surface area contributed by atoms with Gasteiger partial charge in [0.05, 0.1) is 16.8 Å². The van der Waals surface area contributed by atoms with Gasteiger partial charge in [0.1, 0.15) is 0 Å². The average molecular weight is 549 g/mol. The summed E-state index contributed by atoms with van der Waals surface area (Å²) < 4.78 is 0. The minimum Gasteiger partial charge on any atom is -0.256 e. The monoisotopic (exact) mass is 548 g/mol. The van der Waals surface area contributed by atoms with E-state index in [1.807, 2.05) is 24.5 Å². The molecule has 2 nitrogen and oxygen atoms in total. The van der Waals surface area contributed by atoms with E-state index in [2.05, 4.69) is 151 Å². The molecule has 7 aromatic rings. The van der Waals surface area contributed by atoms with Gasteiger partial charge in [0, 0.05) is 23.5 Å².